The van der Waals surface area contributed by atoms with Gasteiger partial charge in [-0.1, -0.05) is 37.6 Å². The third-order valence-electron chi connectivity index (χ3n) is 6.48. The second-order valence-corrected chi connectivity index (χ2v) is 11.8. The average molecular weight is 516 g/mol. The van der Waals surface area contributed by atoms with Gasteiger partial charge in [0.25, 0.3) is 5.91 Å². The first-order valence-electron chi connectivity index (χ1n) is 11.8. The Labute approximate surface area is 210 Å². The summed E-state index contributed by atoms with van der Waals surface area (Å²) in [5.41, 5.74) is 0.919. The smallest absolute Gasteiger partial charge is 0.257 e. The van der Waals surface area contributed by atoms with Crippen LogP contribution in [0.3, 0.4) is 0 Å². The fourth-order valence-electron chi connectivity index (χ4n) is 4.79. The zero-order chi connectivity index (χ0) is 25.3. The molecule has 0 unspecified atom stereocenters. The first-order valence-corrected chi connectivity index (χ1v) is 13.6. The molecule has 0 spiro atoms. The molecule has 35 heavy (non-hydrogen) atoms. The van der Waals surface area contributed by atoms with Gasteiger partial charge in [0.15, 0.2) is 0 Å². The summed E-state index contributed by atoms with van der Waals surface area (Å²) in [6, 6.07) is 11.7. The Kier molecular flexibility index (Phi) is 7.35. The highest BCUT2D eigenvalue weighted by Gasteiger charge is 2.32. The normalized spacial score (nSPS) is 19.1. The molecule has 3 aromatic rings. The summed E-state index contributed by atoms with van der Waals surface area (Å²) < 4.78 is 30.1. The lowest BCUT2D eigenvalue weighted by molar-refractivity contribution is 0.0949. The fourth-order valence-corrected chi connectivity index (χ4v) is 6.62. The van der Waals surface area contributed by atoms with Crippen molar-refractivity contribution < 1.29 is 13.2 Å². The number of rotatable bonds is 6. The molecule has 9 heteroatoms. The van der Waals surface area contributed by atoms with E-state index in [1.807, 2.05) is 20.8 Å². The van der Waals surface area contributed by atoms with Crippen LogP contribution in [0.25, 0.3) is 10.9 Å². The van der Waals surface area contributed by atoms with Crippen molar-refractivity contribution in [1.82, 2.24) is 14.2 Å². The van der Waals surface area contributed by atoms with Gasteiger partial charge in [0.2, 0.25) is 15.5 Å². The molecule has 2 heterocycles. The minimum atomic E-state index is -3.76. The van der Waals surface area contributed by atoms with Gasteiger partial charge in [-0.15, -0.1) is 0 Å². The number of sulfonamides is 1. The van der Waals surface area contributed by atoms with Crippen LogP contribution in [-0.2, 0) is 23.1 Å². The van der Waals surface area contributed by atoms with Gasteiger partial charge in [0, 0.05) is 42.8 Å². The minimum Gasteiger partial charge on any atom is -0.348 e. The van der Waals surface area contributed by atoms with Crippen LogP contribution in [0.2, 0.25) is 5.02 Å². The van der Waals surface area contributed by atoms with Crippen molar-refractivity contribution in [3.63, 3.8) is 0 Å². The number of hydrogen-bond acceptors (Lipinski definition) is 4. The van der Waals surface area contributed by atoms with Gasteiger partial charge in [-0.25, -0.2) is 8.42 Å². The second-order valence-electron chi connectivity index (χ2n) is 9.41. The standard InChI is InChI=1S/C26H30ClN3O4S/c1-4-29-16-23(26(32)28-13-19-5-7-20(27)8-6-19)25(31)22-12-21(9-10-24(22)29)35(33,34)30-14-17(2)11-18(3)15-30/h5-10,12,16-18H,4,11,13-15H2,1-3H3,(H,28,32)/t17-,18-/m1/s1. The van der Waals surface area contributed by atoms with E-state index in [0.29, 0.717) is 30.2 Å². The van der Waals surface area contributed by atoms with Crippen LogP contribution < -0.4 is 10.7 Å². The summed E-state index contributed by atoms with van der Waals surface area (Å²) in [5, 5.41) is 3.59. The van der Waals surface area contributed by atoms with Crippen LogP contribution in [0.15, 0.2) is 58.4 Å². The van der Waals surface area contributed by atoms with Crippen LogP contribution in [0.5, 0.6) is 0 Å². The molecular weight excluding hydrogens is 486 g/mol. The third kappa shape index (κ3) is 5.29. The van der Waals surface area contributed by atoms with E-state index in [4.69, 9.17) is 11.6 Å². The van der Waals surface area contributed by atoms with Gasteiger partial charge in [0.05, 0.1) is 10.4 Å². The Morgan fingerprint density at radius 2 is 1.74 bits per heavy atom. The molecule has 1 aliphatic heterocycles. The van der Waals surface area contributed by atoms with Gasteiger partial charge >= 0.3 is 0 Å². The van der Waals surface area contributed by atoms with Gasteiger partial charge < -0.3 is 9.88 Å². The summed E-state index contributed by atoms with van der Waals surface area (Å²) >= 11 is 5.91. The summed E-state index contributed by atoms with van der Waals surface area (Å²) in [6.07, 6.45) is 2.52. The SMILES string of the molecule is CCn1cc(C(=O)NCc2ccc(Cl)cc2)c(=O)c2cc(S(=O)(=O)N3C[C@H](C)C[C@@H](C)C3)ccc21. The number of piperidine rings is 1. The van der Waals surface area contributed by atoms with E-state index in [1.165, 1.54) is 16.6 Å². The molecule has 4 rings (SSSR count). The Morgan fingerprint density at radius 1 is 1.09 bits per heavy atom. The van der Waals surface area contributed by atoms with Crippen LogP contribution in [0.1, 0.15) is 43.1 Å². The Bertz CT molecular complexity index is 1410. The fraction of sp³-hybridized carbons (Fsp3) is 0.385. The molecule has 1 fully saturated rings. The van der Waals surface area contributed by atoms with E-state index < -0.39 is 21.4 Å². The lowest BCUT2D eigenvalue weighted by atomic mass is 9.94. The number of pyridine rings is 1. The molecule has 1 aliphatic rings. The number of aromatic nitrogens is 1. The Hall–Kier alpha value is -2.68. The number of carbonyl (C=O) groups excluding carboxylic acids is 1. The van der Waals surface area contributed by atoms with Crippen LogP contribution >= 0.6 is 11.6 Å². The maximum atomic E-state index is 13.4. The molecule has 0 aliphatic carbocycles. The monoisotopic (exact) mass is 515 g/mol. The van der Waals surface area contributed by atoms with E-state index in [2.05, 4.69) is 5.32 Å². The van der Waals surface area contributed by atoms with Crippen molar-refractivity contribution in [2.75, 3.05) is 13.1 Å². The highest BCUT2D eigenvalue weighted by molar-refractivity contribution is 7.89. The molecule has 0 saturated carbocycles. The van der Waals surface area contributed by atoms with Crippen molar-refractivity contribution in [1.29, 1.82) is 0 Å². The number of hydrogen-bond donors (Lipinski definition) is 1. The molecule has 2 aromatic carbocycles. The molecule has 1 amide bonds. The van der Waals surface area contributed by atoms with E-state index in [9.17, 15) is 18.0 Å². The van der Waals surface area contributed by atoms with Gasteiger partial charge in [0.1, 0.15) is 5.56 Å². The van der Waals surface area contributed by atoms with Gasteiger partial charge in [-0.3, -0.25) is 9.59 Å². The molecule has 2 atom stereocenters. The predicted octanol–water partition coefficient (Wildman–Crippen LogP) is 4.27. The zero-order valence-electron chi connectivity index (χ0n) is 20.1. The average Bonchev–Trinajstić information content (AvgIpc) is 2.83. The number of nitrogens with one attached hydrogen (secondary N) is 1. The van der Waals surface area contributed by atoms with E-state index in [0.717, 1.165) is 12.0 Å². The highest BCUT2D eigenvalue weighted by Crippen LogP contribution is 2.28. The maximum Gasteiger partial charge on any atom is 0.257 e. The number of amides is 1. The van der Waals surface area contributed by atoms with Crippen molar-refractivity contribution in [2.24, 2.45) is 11.8 Å². The highest BCUT2D eigenvalue weighted by atomic mass is 35.5. The largest absolute Gasteiger partial charge is 0.348 e. The van der Waals surface area contributed by atoms with Crippen molar-refractivity contribution in [3.8, 4) is 0 Å². The van der Waals surface area contributed by atoms with E-state index in [-0.39, 0.29) is 34.2 Å². The number of carbonyl (C=O) groups is 1. The zero-order valence-corrected chi connectivity index (χ0v) is 21.7. The summed E-state index contributed by atoms with van der Waals surface area (Å²) in [4.78, 5) is 26.4. The Balaban J connectivity index is 1.70. The number of halogens is 1. The van der Waals surface area contributed by atoms with E-state index >= 15 is 0 Å². The summed E-state index contributed by atoms with van der Waals surface area (Å²) in [7, 11) is -3.76. The first kappa shape index (κ1) is 25.4. The summed E-state index contributed by atoms with van der Waals surface area (Å²) in [6.45, 7) is 7.66. The second kappa shape index (κ2) is 10.1. The van der Waals surface area contributed by atoms with Crippen molar-refractivity contribution >= 4 is 38.4 Å². The van der Waals surface area contributed by atoms with Gasteiger partial charge in [-0.2, -0.15) is 4.31 Å². The number of fused-ring (bicyclic) bond motifs is 1. The third-order valence-corrected chi connectivity index (χ3v) is 8.56. The van der Waals surface area contributed by atoms with Gasteiger partial charge in [-0.05, 0) is 61.1 Å². The van der Waals surface area contributed by atoms with Crippen LogP contribution in [-0.4, -0.2) is 36.3 Å². The molecule has 1 saturated heterocycles. The number of nitrogens with zero attached hydrogens (tertiary/aromatic N) is 2. The first-order chi connectivity index (χ1) is 16.6. The molecule has 0 radical (unpaired) electrons. The quantitative estimate of drug-likeness (QED) is 0.531. The molecule has 1 N–H and O–H groups in total. The molecular formula is C26H30ClN3O4S. The topological polar surface area (TPSA) is 88.5 Å². The van der Waals surface area contributed by atoms with E-state index in [1.54, 1.807) is 41.0 Å². The van der Waals surface area contributed by atoms with Crippen molar-refractivity contribution in [2.45, 2.75) is 45.2 Å². The lowest BCUT2D eigenvalue weighted by Crippen LogP contribution is -2.42. The maximum absolute atomic E-state index is 13.4. The molecule has 1 aromatic heterocycles. The number of benzene rings is 2. The number of aryl methyl sites for hydroxylation is 1. The van der Waals surface area contributed by atoms with Crippen molar-refractivity contribution in [3.05, 3.63) is 75.0 Å². The minimum absolute atomic E-state index is 0.0249. The van der Waals surface area contributed by atoms with Crippen LogP contribution in [0, 0.1) is 11.8 Å². The molecule has 7 nitrogen and oxygen atoms in total. The summed E-state index contributed by atoms with van der Waals surface area (Å²) in [5.74, 6) is 0.0190. The lowest BCUT2D eigenvalue weighted by Gasteiger charge is -2.34. The van der Waals surface area contributed by atoms with Crippen LogP contribution in [0.4, 0.5) is 0 Å². The molecule has 186 valence electrons. The molecule has 0 bridgehead atoms. The predicted molar refractivity (Wildman–Crippen MR) is 138 cm³/mol. The Morgan fingerprint density at radius 3 is 2.37 bits per heavy atom.